The van der Waals surface area contributed by atoms with E-state index >= 15 is 0 Å². The van der Waals surface area contributed by atoms with Crippen LogP contribution in [0.1, 0.15) is 25.1 Å². The minimum Gasteiger partial charge on any atom is -0.341 e. The fourth-order valence-corrected chi connectivity index (χ4v) is 2.42. The van der Waals surface area contributed by atoms with Crippen molar-refractivity contribution in [3.63, 3.8) is 0 Å². The van der Waals surface area contributed by atoms with Gasteiger partial charge in [-0.25, -0.2) is 4.98 Å². The SMILES string of the molecule is N[C@H]1CCN(C(=O)CCc2nccn2CCC(=O)N=O)C1. The lowest BCUT2D eigenvalue weighted by Gasteiger charge is -2.15. The lowest BCUT2D eigenvalue weighted by molar-refractivity contribution is -0.130. The van der Waals surface area contributed by atoms with Gasteiger partial charge in [0.1, 0.15) is 5.82 Å². The summed E-state index contributed by atoms with van der Waals surface area (Å²) in [5.74, 6) is 0.116. The molecule has 8 nitrogen and oxygen atoms in total. The predicted molar refractivity (Wildman–Crippen MR) is 75.1 cm³/mol. The molecular formula is C13H19N5O3. The third-order valence-corrected chi connectivity index (χ3v) is 3.61. The number of aromatic nitrogens is 2. The Hall–Kier alpha value is -2.09. The number of imidazole rings is 1. The Morgan fingerprint density at radius 1 is 1.43 bits per heavy atom. The van der Waals surface area contributed by atoms with Crippen molar-refractivity contribution in [2.45, 2.75) is 38.3 Å². The topological polar surface area (TPSA) is 111 Å². The van der Waals surface area contributed by atoms with E-state index < -0.39 is 5.91 Å². The van der Waals surface area contributed by atoms with Gasteiger partial charge in [-0.05, 0) is 6.42 Å². The van der Waals surface area contributed by atoms with E-state index in [2.05, 4.69) is 10.2 Å². The molecule has 2 N–H and O–H groups in total. The highest BCUT2D eigenvalue weighted by atomic mass is 16.3. The van der Waals surface area contributed by atoms with Crippen LogP contribution in [0.2, 0.25) is 0 Å². The molecule has 1 atom stereocenters. The van der Waals surface area contributed by atoms with Crippen molar-refractivity contribution in [3.8, 4) is 0 Å². The van der Waals surface area contributed by atoms with Gasteiger partial charge >= 0.3 is 0 Å². The third-order valence-electron chi connectivity index (χ3n) is 3.61. The smallest absolute Gasteiger partial charge is 0.288 e. The van der Waals surface area contributed by atoms with Gasteiger partial charge in [-0.15, -0.1) is 4.91 Å². The molecule has 1 aromatic heterocycles. The van der Waals surface area contributed by atoms with E-state index in [9.17, 15) is 14.5 Å². The van der Waals surface area contributed by atoms with Crippen LogP contribution in [0.4, 0.5) is 0 Å². The molecule has 0 aliphatic carbocycles. The second kappa shape index (κ2) is 7.07. The zero-order valence-corrected chi connectivity index (χ0v) is 11.8. The number of carbonyl (C=O) groups is 2. The van der Waals surface area contributed by atoms with Crippen LogP contribution in [-0.4, -0.2) is 45.4 Å². The van der Waals surface area contributed by atoms with Crippen molar-refractivity contribution in [3.05, 3.63) is 23.1 Å². The van der Waals surface area contributed by atoms with Crippen molar-refractivity contribution < 1.29 is 9.59 Å². The molecular weight excluding hydrogens is 274 g/mol. The Kier molecular flexibility index (Phi) is 5.15. The number of hydrogen-bond donors (Lipinski definition) is 1. The number of carbonyl (C=O) groups excluding carboxylic acids is 2. The van der Waals surface area contributed by atoms with E-state index in [-0.39, 0.29) is 18.4 Å². The fraction of sp³-hybridized carbons (Fsp3) is 0.615. The number of rotatable bonds is 6. The monoisotopic (exact) mass is 293 g/mol. The van der Waals surface area contributed by atoms with Crippen LogP contribution < -0.4 is 5.73 Å². The first kappa shape index (κ1) is 15.3. The predicted octanol–water partition coefficient (Wildman–Crippen LogP) is 0.0584. The first-order valence-corrected chi connectivity index (χ1v) is 6.99. The molecule has 2 heterocycles. The molecule has 0 spiro atoms. The third kappa shape index (κ3) is 4.19. The second-order valence-corrected chi connectivity index (χ2v) is 5.16. The van der Waals surface area contributed by atoms with Gasteiger partial charge in [0, 0.05) is 56.1 Å². The Morgan fingerprint density at radius 2 is 2.24 bits per heavy atom. The first-order valence-electron chi connectivity index (χ1n) is 6.99. The fourth-order valence-electron chi connectivity index (χ4n) is 2.42. The molecule has 1 aliphatic heterocycles. The maximum atomic E-state index is 12.0. The minimum atomic E-state index is -0.684. The van der Waals surface area contributed by atoms with Gasteiger partial charge in [0.25, 0.3) is 5.91 Å². The molecule has 0 saturated carbocycles. The van der Waals surface area contributed by atoms with E-state index in [1.807, 2.05) is 0 Å². The number of amides is 2. The molecule has 1 fully saturated rings. The summed E-state index contributed by atoms with van der Waals surface area (Å²) in [6, 6.07) is 0.0813. The summed E-state index contributed by atoms with van der Waals surface area (Å²) in [6.07, 6.45) is 5.10. The number of nitrogens with zero attached hydrogens (tertiary/aromatic N) is 4. The standard InChI is InChI=1S/C13H19N5O3/c14-10-3-6-18(9-10)13(20)2-1-11-15-5-8-17(11)7-4-12(19)16-21/h5,8,10H,1-4,6-7,9,14H2/t10-/m0/s1. The Balaban J connectivity index is 1.83. The molecule has 2 rings (SSSR count). The second-order valence-electron chi connectivity index (χ2n) is 5.16. The van der Waals surface area contributed by atoms with Gasteiger partial charge in [-0.3, -0.25) is 9.59 Å². The van der Waals surface area contributed by atoms with Crippen LogP contribution in [0, 0.1) is 4.91 Å². The molecule has 2 amide bonds. The summed E-state index contributed by atoms with van der Waals surface area (Å²) in [5, 5.41) is 2.36. The number of aryl methyl sites for hydroxylation is 2. The van der Waals surface area contributed by atoms with Gasteiger partial charge < -0.3 is 15.2 Å². The molecule has 0 aromatic carbocycles. The van der Waals surface area contributed by atoms with Crippen LogP contribution in [0.3, 0.4) is 0 Å². The largest absolute Gasteiger partial charge is 0.341 e. The van der Waals surface area contributed by atoms with Gasteiger partial charge in [-0.2, -0.15) is 0 Å². The maximum absolute atomic E-state index is 12.0. The molecule has 21 heavy (non-hydrogen) atoms. The van der Waals surface area contributed by atoms with Gasteiger partial charge in [0.2, 0.25) is 5.91 Å². The van der Waals surface area contributed by atoms with Crippen LogP contribution in [0.5, 0.6) is 0 Å². The van der Waals surface area contributed by atoms with Crippen LogP contribution in [-0.2, 0) is 22.6 Å². The summed E-state index contributed by atoms with van der Waals surface area (Å²) < 4.78 is 1.77. The Labute approximate surface area is 122 Å². The Morgan fingerprint density at radius 3 is 2.90 bits per heavy atom. The summed E-state index contributed by atoms with van der Waals surface area (Å²) in [7, 11) is 0. The van der Waals surface area contributed by atoms with Crippen molar-refractivity contribution >= 4 is 11.8 Å². The zero-order valence-electron chi connectivity index (χ0n) is 11.8. The summed E-state index contributed by atoms with van der Waals surface area (Å²) >= 11 is 0. The highest BCUT2D eigenvalue weighted by Crippen LogP contribution is 2.11. The molecule has 0 bridgehead atoms. The van der Waals surface area contributed by atoms with Crippen LogP contribution >= 0.6 is 0 Å². The van der Waals surface area contributed by atoms with Gasteiger partial charge in [-0.1, -0.05) is 0 Å². The maximum Gasteiger partial charge on any atom is 0.288 e. The van der Waals surface area contributed by atoms with Crippen LogP contribution in [0.15, 0.2) is 17.6 Å². The van der Waals surface area contributed by atoms with E-state index in [0.717, 1.165) is 12.2 Å². The van der Waals surface area contributed by atoms with Crippen molar-refractivity contribution in [2.75, 3.05) is 13.1 Å². The number of hydrogen-bond acceptors (Lipinski definition) is 5. The molecule has 0 unspecified atom stereocenters. The van der Waals surface area contributed by atoms with Crippen molar-refractivity contribution in [1.82, 2.24) is 14.5 Å². The lowest BCUT2D eigenvalue weighted by Crippen LogP contribution is -2.32. The highest BCUT2D eigenvalue weighted by molar-refractivity contribution is 5.77. The van der Waals surface area contributed by atoms with Crippen LogP contribution in [0.25, 0.3) is 0 Å². The van der Waals surface area contributed by atoms with Crippen molar-refractivity contribution in [2.24, 2.45) is 10.9 Å². The van der Waals surface area contributed by atoms with Gasteiger partial charge in [0.05, 0.1) is 6.42 Å². The first-order chi connectivity index (χ1) is 10.1. The average Bonchev–Trinajstić information content (AvgIpc) is 3.10. The molecule has 1 saturated heterocycles. The van der Waals surface area contributed by atoms with E-state index in [0.29, 0.717) is 32.5 Å². The quantitative estimate of drug-likeness (QED) is 0.745. The van der Waals surface area contributed by atoms with E-state index in [4.69, 9.17) is 5.73 Å². The normalized spacial score (nSPS) is 18.0. The number of likely N-dealkylation sites (tertiary alicyclic amines) is 1. The van der Waals surface area contributed by atoms with Crippen molar-refractivity contribution in [1.29, 1.82) is 0 Å². The molecule has 114 valence electrons. The summed E-state index contributed by atoms with van der Waals surface area (Å²) in [5.41, 5.74) is 5.78. The highest BCUT2D eigenvalue weighted by Gasteiger charge is 2.23. The minimum absolute atomic E-state index is 0.0434. The number of nitrogens with two attached hydrogens (primary N) is 1. The Bertz CT molecular complexity index is 528. The average molecular weight is 293 g/mol. The van der Waals surface area contributed by atoms with E-state index in [1.54, 1.807) is 21.9 Å². The summed E-state index contributed by atoms with van der Waals surface area (Å²) in [6.45, 7) is 1.68. The molecule has 1 aliphatic rings. The molecule has 1 aromatic rings. The van der Waals surface area contributed by atoms with Gasteiger partial charge in [0.15, 0.2) is 0 Å². The lowest BCUT2D eigenvalue weighted by atomic mass is 10.2. The van der Waals surface area contributed by atoms with E-state index in [1.165, 1.54) is 0 Å². The summed E-state index contributed by atoms with van der Waals surface area (Å²) in [4.78, 5) is 38.9. The molecule has 8 heteroatoms. The molecule has 0 radical (unpaired) electrons. The number of nitroso groups, excluding NO2 is 1. The zero-order chi connectivity index (χ0) is 15.2.